The van der Waals surface area contributed by atoms with E-state index in [1.54, 1.807) is 0 Å². The fraction of sp³-hybridized carbons (Fsp3) is 0.0833. The van der Waals surface area contributed by atoms with Crippen LogP contribution in [0.3, 0.4) is 0 Å². The van der Waals surface area contributed by atoms with Crippen molar-refractivity contribution >= 4 is 15.9 Å². The summed E-state index contributed by atoms with van der Waals surface area (Å²) in [5.74, 6) is -0.532. The summed E-state index contributed by atoms with van der Waals surface area (Å²) in [5.41, 5.74) is -0.212. The van der Waals surface area contributed by atoms with Crippen molar-refractivity contribution in [1.29, 1.82) is 5.26 Å². The monoisotopic (exact) mass is 307 g/mol. The number of benzene rings is 1. The Hall–Kier alpha value is -2.00. The van der Waals surface area contributed by atoms with Gasteiger partial charge in [-0.15, -0.1) is 0 Å². The fourth-order valence-corrected chi connectivity index (χ4v) is 1.87. The van der Waals surface area contributed by atoms with Crippen molar-refractivity contribution in [2.24, 2.45) is 7.05 Å². The molecule has 90 valence electrons. The first-order valence-corrected chi connectivity index (χ1v) is 5.75. The minimum atomic E-state index is -0.539. The molecule has 0 unspecified atom stereocenters. The second kappa shape index (κ2) is 4.70. The minimum absolute atomic E-state index is 0.0550. The second-order valence-corrected chi connectivity index (χ2v) is 4.55. The lowest BCUT2D eigenvalue weighted by atomic mass is 10.1. The van der Waals surface area contributed by atoms with Crippen LogP contribution in [0.15, 0.2) is 33.7 Å². The number of hydrogen-bond acceptors (Lipinski definition) is 3. The van der Waals surface area contributed by atoms with Crippen molar-refractivity contribution < 1.29 is 4.39 Å². The van der Waals surface area contributed by atoms with E-state index < -0.39 is 11.5 Å². The van der Waals surface area contributed by atoms with Crippen LogP contribution in [0.4, 0.5) is 4.39 Å². The van der Waals surface area contributed by atoms with Gasteiger partial charge in [0, 0.05) is 23.3 Å². The van der Waals surface area contributed by atoms with E-state index in [-0.39, 0.29) is 16.8 Å². The highest BCUT2D eigenvalue weighted by atomic mass is 79.9. The summed E-state index contributed by atoms with van der Waals surface area (Å²) < 4.78 is 15.5. The molecular formula is C12H7BrFN3O. The molecule has 0 atom stereocenters. The zero-order chi connectivity index (χ0) is 13.3. The van der Waals surface area contributed by atoms with Crippen LogP contribution in [0.1, 0.15) is 5.56 Å². The van der Waals surface area contributed by atoms with Crippen LogP contribution in [0.2, 0.25) is 0 Å². The average Bonchev–Trinajstić information content (AvgIpc) is 2.35. The van der Waals surface area contributed by atoms with E-state index in [1.165, 1.54) is 36.0 Å². The lowest BCUT2D eigenvalue weighted by molar-refractivity contribution is 0.630. The molecule has 0 radical (unpaired) electrons. The quantitative estimate of drug-likeness (QED) is 0.811. The van der Waals surface area contributed by atoms with Crippen LogP contribution in [-0.2, 0) is 7.05 Å². The fourth-order valence-electron chi connectivity index (χ4n) is 1.51. The molecular weight excluding hydrogens is 301 g/mol. The third-order valence-electron chi connectivity index (χ3n) is 2.39. The molecule has 18 heavy (non-hydrogen) atoms. The van der Waals surface area contributed by atoms with Gasteiger partial charge in [0.05, 0.1) is 11.3 Å². The Morgan fingerprint density at radius 1 is 1.50 bits per heavy atom. The number of halogens is 2. The van der Waals surface area contributed by atoms with Gasteiger partial charge in [0.2, 0.25) is 0 Å². The van der Waals surface area contributed by atoms with Gasteiger partial charge in [0.25, 0.3) is 0 Å². The van der Waals surface area contributed by atoms with Gasteiger partial charge in [-0.25, -0.2) is 9.18 Å². The van der Waals surface area contributed by atoms with E-state index in [0.717, 1.165) is 0 Å². The lowest BCUT2D eigenvalue weighted by Gasteiger charge is -2.06. The van der Waals surface area contributed by atoms with Gasteiger partial charge in [-0.3, -0.25) is 0 Å². The first-order chi connectivity index (χ1) is 8.52. The van der Waals surface area contributed by atoms with Crippen LogP contribution in [0.25, 0.3) is 11.3 Å². The third-order valence-corrected chi connectivity index (χ3v) is 2.88. The Morgan fingerprint density at radius 2 is 2.22 bits per heavy atom. The molecule has 2 rings (SSSR count). The molecule has 0 spiro atoms. The molecule has 0 saturated carbocycles. The molecule has 1 aromatic heterocycles. The SMILES string of the molecule is Cn1cc(C#N)c(-c2cc(Br)ccc2F)nc1=O. The maximum absolute atomic E-state index is 13.7. The van der Waals surface area contributed by atoms with Gasteiger partial charge in [-0.2, -0.15) is 10.2 Å². The van der Waals surface area contributed by atoms with E-state index in [1.807, 2.05) is 6.07 Å². The Morgan fingerprint density at radius 3 is 2.89 bits per heavy atom. The third kappa shape index (κ3) is 2.17. The Bertz CT molecular complexity index is 718. The number of nitriles is 1. The summed E-state index contributed by atoms with van der Waals surface area (Å²) in [6.07, 6.45) is 1.34. The molecule has 0 bridgehead atoms. The van der Waals surface area contributed by atoms with Crippen LogP contribution < -0.4 is 5.69 Å². The van der Waals surface area contributed by atoms with Crippen LogP contribution in [-0.4, -0.2) is 9.55 Å². The predicted molar refractivity (Wildman–Crippen MR) is 67.3 cm³/mol. The van der Waals surface area contributed by atoms with Crippen molar-refractivity contribution in [2.75, 3.05) is 0 Å². The largest absolute Gasteiger partial charge is 0.347 e. The van der Waals surface area contributed by atoms with Gasteiger partial charge in [-0.05, 0) is 18.2 Å². The summed E-state index contributed by atoms with van der Waals surface area (Å²) >= 11 is 3.21. The maximum atomic E-state index is 13.7. The Labute approximate surface area is 110 Å². The molecule has 0 fully saturated rings. The van der Waals surface area contributed by atoms with Crippen molar-refractivity contribution in [3.8, 4) is 17.3 Å². The summed E-state index contributed by atoms with van der Waals surface area (Å²) in [5, 5.41) is 9.02. The van der Waals surface area contributed by atoms with Crippen LogP contribution in [0, 0.1) is 17.1 Å². The summed E-state index contributed by atoms with van der Waals surface area (Å²) in [7, 11) is 1.48. The lowest BCUT2D eigenvalue weighted by Crippen LogP contribution is -2.21. The molecule has 0 aliphatic heterocycles. The summed E-state index contributed by atoms with van der Waals surface area (Å²) in [6.45, 7) is 0. The van der Waals surface area contributed by atoms with Gasteiger partial charge in [0.1, 0.15) is 11.9 Å². The van der Waals surface area contributed by atoms with Crippen molar-refractivity contribution in [3.05, 3.63) is 50.7 Å². The van der Waals surface area contributed by atoms with Gasteiger partial charge < -0.3 is 4.57 Å². The molecule has 4 nitrogen and oxygen atoms in total. The highest BCUT2D eigenvalue weighted by molar-refractivity contribution is 9.10. The van der Waals surface area contributed by atoms with Gasteiger partial charge in [0.15, 0.2) is 0 Å². The molecule has 0 amide bonds. The highest BCUT2D eigenvalue weighted by Crippen LogP contribution is 2.26. The van der Waals surface area contributed by atoms with Crippen LogP contribution >= 0.6 is 15.9 Å². The zero-order valence-corrected chi connectivity index (χ0v) is 10.9. The number of aryl methyl sites for hydroxylation is 1. The standard InChI is InChI=1S/C12H7BrFN3O/c1-17-6-7(5-15)11(16-12(17)18)9-4-8(13)2-3-10(9)14/h2-4,6H,1H3. The highest BCUT2D eigenvalue weighted by Gasteiger charge is 2.13. The van der Waals surface area contributed by atoms with Crippen LogP contribution in [0.5, 0.6) is 0 Å². The molecule has 0 aliphatic carbocycles. The molecule has 2 aromatic rings. The van der Waals surface area contributed by atoms with Gasteiger partial charge >= 0.3 is 5.69 Å². The van der Waals surface area contributed by atoms with Gasteiger partial charge in [-0.1, -0.05) is 15.9 Å². The number of aromatic nitrogens is 2. The molecule has 0 aliphatic rings. The van der Waals surface area contributed by atoms with Crippen molar-refractivity contribution in [2.45, 2.75) is 0 Å². The maximum Gasteiger partial charge on any atom is 0.347 e. The van der Waals surface area contributed by atoms with E-state index >= 15 is 0 Å². The molecule has 0 saturated heterocycles. The summed E-state index contributed by atoms with van der Waals surface area (Å²) in [6, 6.07) is 6.17. The number of hydrogen-bond donors (Lipinski definition) is 0. The predicted octanol–water partition coefficient (Wildman–Crippen LogP) is 2.22. The first kappa shape index (κ1) is 12.5. The van der Waals surface area contributed by atoms with Crippen molar-refractivity contribution in [1.82, 2.24) is 9.55 Å². The molecule has 0 N–H and O–H groups in total. The van der Waals surface area contributed by atoms with E-state index in [0.29, 0.717) is 4.47 Å². The Kier molecular flexibility index (Phi) is 3.26. The van der Waals surface area contributed by atoms with Crippen molar-refractivity contribution in [3.63, 3.8) is 0 Å². The Balaban J connectivity index is 2.79. The second-order valence-electron chi connectivity index (χ2n) is 3.63. The van der Waals surface area contributed by atoms with E-state index in [4.69, 9.17) is 5.26 Å². The van der Waals surface area contributed by atoms with E-state index in [2.05, 4.69) is 20.9 Å². The topological polar surface area (TPSA) is 58.7 Å². The molecule has 1 heterocycles. The number of rotatable bonds is 1. The first-order valence-electron chi connectivity index (χ1n) is 4.96. The molecule has 1 aromatic carbocycles. The normalized spacial score (nSPS) is 10.1. The van der Waals surface area contributed by atoms with E-state index in [9.17, 15) is 9.18 Å². The number of nitrogens with zero attached hydrogens (tertiary/aromatic N) is 3. The zero-order valence-electron chi connectivity index (χ0n) is 9.32. The summed E-state index contributed by atoms with van der Waals surface area (Å²) in [4.78, 5) is 15.2. The minimum Gasteiger partial charge on any atom is -0.301 e. The smallest absolute Gasteiger partial charge is 0.301 e. The average molecular weight is 308 g/mol. The molecule has 6 heteroatoms.